The molecule has 0 saturated carbocycles. The number of hydrogen-bond donors (Lipinski definition) is 4. The van der Waals surface area contributed by atoms with Crippen molar-refractivity contribution in [2.45, 2.75) is 84.5 Å². The Labute approximate surface area is 185 Å². The highest BCUT2D eigenvalue weighted by molar-refractivity contribution is 5.75. The number of hydrogen-bond acceptors (Lipinski definition) is 6. The average molecular weight is 438 g/mol. The van der Waals surface area contributed by atoms with Crippen molar-refractivity contribution in [2.75, 3.05) is 0 Å². The van der Waals surface area contributed by atoms with Gasteiger partial charge in [-0.1, -0.05) is 45.9 Å². The van der Waals surface area contributed by atoms with Crippen LogP contribution in [0.4, 0.5) is 0 Å². The Kier molecular flexibility index (Phi) is 9.72. The molecule has 2 aliphatic rings. The highest BCUT2D eigenvalue weighted by Crippen LogP contribution is 2.45. The summed E-state index contributed by atoms with van der Waals surface area (Å²) in [6.07, 6.45) is 7.22. The molecule has 176 valence electrons. The maximum absolute atomic E-state index is 12.5. The lowest BCUT2D eigenvalue weighted by Crippen LogP contribution is -2.41. The van der Waals surface area contributed by atoms with Crippen molar-refractivity contribution in [1.29, 1.82) is 0 Å². The van der Waals surface area contributed by atoms with E-state index in [1.807, 2.05) is 13.8 Å². The molecular weight excluding hydrogens is 398 g/mol. The summed E-state index contributed by atoms with van der Waals surface area (Å²) in [5, 5.41) is 28.9. The number of amides is 1. The zero-order valence-corrected chi connectivity index (χ0v) is 19.2. The number of aliphatic hydroxyl groups excluding tert-OH is 2. The van der Waals surface area contributed by atoms with Gasteiger partial charge in [-0.3, -0.25) is 14.8 Å². The van der Waals surface area contributed by atoms with E-state index in [4.69, 9.17) is 9.94 Å². The van der Waals surface area contributed by atoms with E-state index in [0.29, 0.717) is 12.3 Å². The molecule has 7 heteroatoms. The minimum atomic E-state index is -1.01. The van der Waals surface area contributed by atoms with Gasteiger partial charge in [0.2, 0.25) is 5.91 Å². The topological polar surface area (TPSA) is 116 Å². The highest BCUT2D eigenvalue weighted by atomic mass is 16.5. The van der Waals surface area contributed by atoms with Crippen LogP contribution in [0.1, 0.15) is 66.2 Å². The van der Waals surface area contributed by atoms with E-state index >= 15 is 0 Å². The van der Waals surface area contributed by atoms with Gasteiger partial charge in [-0.05, 0) is 55.4 Å². The third-order valence-electron chi connectivity index (χ3n) is 6.80. The third kappa shape index (κ3) is 7.16. The molecule has 1 amide bonds. The molecule has 7 nitrogen and oxygen atoms in total. The molecule has 0 aromatic rings. The maximum Gasteiger partial charge on any atom is 0.308 e. The summed E-state index contributed by atoms with van der Waals surface area (Å²) < 4.78 is 6.01. The summed E-state index contributed by atoms with van der Waals surface area (Å²) in [7, 11) is 0. The minimum Gasteiger partial charge on any atom is -0.461 e. The number of rotatable bonds is 10. The number of carbonyl (C=O) groups is 2. The van der Waals surface area contributed by atoms with Gasteiger partial charge >= 0.3 is 5.97 Å². The molecule has 2 unspecified atom stereocenters. The molecule has 4 N–H and O–H groups in total. The van der Waals surface area contributed by atoms with Crippen LogP contribution in [0.5, 0.6) is 0 Å². The van der Waals surface area contributed by atoms with Crippen LogP contribution in [0.2, 0.25) is 0 Å². The number of nitrogens with one attached hydrogen (secondary N) is 1. The first-order chi connectivity index (χ1) is 14.7. The summed E-state index contributed by atoms with van der Waals surface area (Å²) in [6, 6.07) is 0. The number of allylic oxidation sites excluding steroid dienone is 3. The maximum atomic E-state index is 12.5. The second-order valence-electron chi connectivity index (χ2n) is 9.43. The van der Waals surface area contributed by atoms with Crippen molar-refractivity contribution in [3.63, 3.8) is 0 Å². The molecule has 2 rings (SSSR count). The largest absolute Gasteiger partial charge is 0.461 e. The first-order valence-corrected chi connectivity index (χ1v) is 11.6. The molecule has 0 aromatic heterocycles. The molecule has 0 saturated heterocycles. The van der Waals surface area contributed by atoms with Crippen LogP contribution in [-0.2, 0) is 14.3 Å². The summed E-state index contributed by atoms with van der Waals surface area (Å²) >= 11 is 0. The number of fused-ring (bicyclic) bond motifs is 1. The monoisotopic (exact) mass is 437 g/mol. The number of hydroxylamine groups is 1. The Morgan fingerprint density at radius 3 is 2.61 bits per heavy atom. The van der Waals surface area contributed by atoms with Crippen molar-refractivity contribution in [2.24, 2.45) is 29.6 Å². The molecule has 31 heavy (non-hydrogen) atoms. The zero-order valence-electron chi connectivity index (χ0n) is 19.2. The Bertz CT molecular complexity index is 675. The Morgan fingerprint density at radius 2 is 1.97 bits per heavy atom. The number of carbonyl (C=O) groups excluding carboxylic acids is 2. The lowest BCUT2D eigenvalue weighted by molar-refractivity contribution is -0.158. The van der Waals surface area contributed by atoms with E-state index in [1.54, 1.807) is 0 Å². The van der Waals surface area contributed by atoms with Gasteiger partial charge in [0.05, 0.1) is 24.5 Å². The van der Waals surface area contributed by atoms with Crippen LogP contribution in [0, 0.1) is 29.6 Å². The Hall–Kier alpha value is -1.70. The van der Waals surface area contributed by atoms with E-state index < -0.39 is 18.1 Å². The van der Waals surface area contributed by atoms with Crippen LogP contribution in [0.15, 0.2) is 23.8 Å². The smallest absolute Gasteiger partial charge is 0.308 e. The summed E-state index contributed by atoms with van der Waals surface area (Å²) in [4.78, 5) is 23.7. The molecule has 8 atom stereocenters. The predicted molar refractivity (Wildman–Crippen MR) is 117 cm³/mol. The van der Waals surface area contributed by atoms with Crippen LogP contribution in [-0.4, -0.2) is 45.6 Å². The number of esters is 1. The van der Waals surface area contributed by atoms with Gasteiger partial charge in [0.25, 0.3) is 0 Å². The third-order valence-corrected chi connectivity index (χ3v) is 6.80. The van der Waals surface area contributed by atoms with Gasteiger partial charge in [-0.25, -0.2) is 5.48 Å². The van der Waals surface area contributed by atoms with E-state index in [1.165, 1.54) is 11.1 Å². The molecule has 0 bridgehead atoms. The second kappa shape index (κ2) is 11.8. The van der Waals surface area contributed by atoms with E-state index in [0.717, 1.165) is 19.3 Å². The standard InChI is InChI=1S/C24H39NO6/c1-5-15(3)24(29)31-21-11-14(2)10-17-7-6-16(4)20(23(17)21)9-8-18(26)12-19(27)13-22(28)25-30/h6-7,10,14-16,18-21,23,26-27,30H,5,8-9,11-13H2,1-4H3,(H,25,28)/t14-,15?,16?,18+,19+,20-,21-,23-/m0/s1. The van der Waals surface area contributed by atoms with Crippen LogP contribution >= 0.6 is 0 Å². The minimum absolute atomic E-state index is 0.0706. The van der Waals surface area contributed by atoms with Crippen molar-refractivity contribution >= 4 is 11.9 Å². The molecular formula is C24H39NO6. The summed E-state index contributed by atoms with van der Waals surface area (Å²) in [5.74, 6) is -0.0302. The molecule has 0 spiro atoms. The van der Waals surface area contributed by atoms with E-state index in [-0.39, 0.29) is 48.6 Å². The molecule has 2 aliphatic carbocycles. The van der Waals surface area contributed by atoms with Crippen molar-refractivity contribution in [1.82, 2.24) is 5.48 Å². The fraction of sp³-hybridized carbons (Fsp3) is 0.750. The predicted octanol–water partition coefficient (Wildman–Crippen LogP) is 3.14. The molecule has 0 heterocycles. The van der Waals surface area contributed by atoms with Crippen LogP contribution in [0.25, 0.3) is 0 Å². The van der Waals surface area contributed by atoms with Gasteiger partial charge in [-0.15, -0.1) is 0 Å². The van der Waals surface area contributed by atoms with Crippen molar-refractivity contribution in [3.8, 4) is 0 Å². The van der Waals surface area contributed by atoms with Gasteiger partial charge in [0.1, 0.15) is 6.10 Å². The quantitative estimate of drug-likeness (QED) is 0.237. The molecule has 0 radical (unpaired) electrons. The second-order valence-corrected chi connectivity index (χ2v) is 9.43. The number of ether oxygens (including phenoxy) is 1. The fourth-order valence-electron chi connectivity index (χ4n) is 4.81. The lowest BCUT2D eigenvalue weighted by Gasteiger charge is -2.43. The average Bonchev–Trinajstić information content (AvgIpc) is 2.72. The van der Waals surface area contributed by atoms with Gasteiger partial charge < -0.3 is 14.9 Å². The first kappa shape index (κ1) is 25.6. The summed E-state index contributed by atoms with van der Waals surface area (Å²) in [5.41, 5.74) is 2.70. The first-order valence-electron chi connectivity index (χ1n) is 11.6. The highest BCUT2D eigenvalue weighted by Gasteiger charge is 2.41. The van der Waals surface area contributed by atoms with E-state index in [9.17, 15) is 19.8 Å². The molecule has 0 aliphatic heterocycles. The van der Waals surface area contributed by atoms with Gasteiger partial charge in [0, 0.05) is 5.92 Å². The molecule has 0 fully saturated rings. The van der Waals surface area contributed by atoms with Crippen molar-refractivity contribution in [3.05, 3.63) is 23.8 Å². The zero-order chi connectivity index (χ0) is 23.1. The lowest BCUT2D eigenvalue weighted by atomic mass is 9.65. The van der Waals surface area contributed by atoms with Gasteiger partial charge in [-0.2, -0.15) is 0 Å². The van der Waals surface area contributed by atoms with Gasteiger partial charge in [0.15, 0.2) is 0 Å². The van der Waals surface area contributed by atoms with Crippen molar-refractivity contribution < 1.29 is 29.7 Å². The SMILES string of the molecule is CCC(C)C(=O)O[C@H]1C[C@@H](C)C=C2C=CC(C)[C@H](CC[C@@H](O)C[C@@H](O)CC(=O)NO)[C@H]21. The number of aliphatic hydroxyl groups is 2. The van der Waals surface area contributed by atoms with Crippen LogP contribution in [0.3, 0.4) is 0 Å². The molecule has 0 aromatic carbocycles. The summed E-state index contributed by atoms with van der Waals surface area (Å²) in [6.45, 7) is 8.16. The van der Waals surface area contributed by atoms with Crippen LogP contribution < -0.4 is 5.48 Å². The normalized spacial score (nSPS) is 30.5. The Morgan fingerprint density at radius 1 is 1.26 bits per heavy atom. The Balaban J connectivity index is 2.06. The fourth-order valence-corrected chi connectivity index (χ4v) is 4.81. The van der Waals surface area contributed by atoms with E-state index in [2.05, 4.69) is 32.1 Å².